The standard InChI is InChI=1S/C57H40N2/c1-57(2)51-22-12-9-19-45(51)48-36-43(27-28-52(48)57)58-53-23-13-10-20-46(53)49-34-39(25-29-55(49)58)40-26-30-56-50(35-40)47-21-11-14-24-54(47)59(56)44-32-41(37-15-5-3-6-16-37)31-42(33-44)38-17-7-4-8-18-38/h3-36H,1-2H3. The maximum atomic E-state index is 2.45. The number of nitrogens with zero attached hydrogens (tertiary/aromatic N) is 2. The van der Waals surface area contributed by atoms with Gasteiger partial charge in [-0.05, 0) is 122 Å². The van der Waals surface area contributed by atoms with Crippen molar-refractivity contribution < 1.29 is 0 Å². The van der Waals surface area contributed by atoms with Gasteiger partial charge in [-0.1, -0.05) is 153 Å². The molecule has 0 N–H and O–H groups in total. The van der Waals surface area contributed by atoms with Crippen molar-refractivity contribution in [3.8, 4) is 55.9 Å². The Morgan fingerprint density at radius 2 is 0.763 bits per heavy atom. The fourth-order valence-corrected chi connectivity index (χ4v) is 10.0. The molecule has 2 nitrogen and oxygen atoms in total. The van der Waals surface area contributed by atoms with E-state index in [1.54, 1.807) is 0 Å². The van der Waals surface area contributed by atoms with Crippen LogP contribution in [0.4, 0.5) is 0 Å². The fourth-order valence-electron chi connectivity index (χ4n) is 10.0. The molecule has 0 saturated heterocycles. The predicted molar refractivity (Wildman–Crippen MR) is 249 cm³/mol. The zero-order valence-corrected chi connectivity index (χ0v) is 33.0. The maximum Gasteiger partial charge on any atom is 0.0541 e. The molecule has 12 rings (SSSR count). The number of hydrogen-bond donors (Lipinski definition) is 0. The van der Waals surface area contributed by atoms with Crippen LogP contribution >= 0.6 is 0 Å². The highest BCUT2D eigenvalue weighted by Gasteiger charge is 2.35. The SMILES string of the molecule is CC1(C)c2ccccc2-c2cc(-n3c4ccccc4c4cc(-c5ccc6c(c5)c5ccccc5n6-c5cc(-c6ccccc6)cc(-c6ccccc6)c5)ccc43)ccc21. The van der Waals surface area contributed by atoms with E-state index in [1.807, 2.05) is 0 Å². The highest BCUT2D eigenvalue weighted by atomic mass is 15.0. The van der Waals surface area contributed by atoms with Crippen molar-refractivity contribution in [3.05, 3.63) is 217 Å². The highest BCUT2D eigenvalue weighted by molar-refractivity contribution is 6.13. The average Bonchev–Trinajstić information content (AvgIpc) is 3.89. The van der Waals surface area contributed by atoms with E-state index in [2.05, 4.69) is 229 Å². The summed E-state index contributed by atoms with van der Waals surface area (Å²) in [5.74, 6) is 0. The molecule has 278 valence electrons. The van der Waals surface area contributed by atoms with E-state index >= 15 is 0 Å². The summed E-state index contributed by atoms with van der Waals surface area (Å²) >= 11 is 0. The molecule has 0 fully saturated rings. The first-order valence-corrected chi connectivity index (χ1v) is 20.6. The summed E-state index contributed by atoms with van der Waals surface area (Å²) in [5.41, 5.74) is 19.8. The van der Waals surface area contributed by atoms with Gasteiger partial charge in [0.1, 0.15) is 0 Å². The van der Waals surface area contributed by atoms with Crippen LogP contribution in [0.3, 0.4) is 0 Å². The number of benzene rings is 9. The largest absolute Gasteiger partial charge is 0.309 e. The molecule has 2 heterocycles. The van der Waals surface area contributed by atoms with Gasteiger partial charge in [0.05, 0.1) is 22.1 Å². The molecule has 9 aromatic carbocycles. The summed E-state index contributed by atoms with van der Waals surface area (Å²) < 4.78 is 4.90. The number of fused-ring (bicyclic) bond motifs is 9. The lowest BCUT2D eigenvalue weighted by atomic mass is 9.82. The van der Waals surface area contributed by atoms with Crippen molar-refractivity contribution >= 4 is 43.6 Å². The number of para-hydroxylation sites is 2. The molecule has 0 atom stereocenters. The van der Waals surface area contributed by atoms with E-state index < -0.39 is 0 Å². The summed E-state index contributed by atoms with van der Waals surface area (Å²) in [4.78, 5) is 0. The Balaban J connectivity index is 1.02. The van der Waals surface area contributed by atoms with Gasteiger partial charge in [0.15, 0.2) is 0 Å². The van der Waals surface area contributed by atoms with Gasteiger partial charge in [0.25, 0.3) is 0 Å². The minimum absolute atomic E-state index is 0.0229. The molecule has 0 radical (unpaired) electrons. The molecular weight excluding hydrogens is 713 g/mol. The van der Waals surface area contributed by atoms with Crippen LogP contribution < -0.4 is 0 Å². The second kappa shape index (κ2) is 12.8. The van der Waals surface area contributed by atoms with Crippen molar-refractivity contribution in [3.63, 3.8) is 0 Å². The van der Waals surface area contributed by atoms with Crippen molar-refractivity contribution in [1.29, 1.82) is 0 Å². The molecule has 1 aliphatic rings. The van der Waals surface area contributed by atoms with Gasteiger partial charge >= 0.3 is 0 Å². The van der Waals surface area contributed by atoms with Crippen LogP contribution in [0.1, 0.15) is 25.0 Å². The molecule has 0 aliphatic heterocycles. The highest BCUT2D eigenvalue weighted by Crippen LogP contribution is 2.49. The number of hydrogen-bond acceptors (Lipinski definition) is 0. The monoisotopic (exact) mass is 752 g/mol. The second-order valence-electron chi connectivity index (χ2n) is 16.6. The molecule has 1 aliphatic carbocycles. The molecule has 2 aromatic heterocycles. The Kier molecular flexibility index (Phi) is 7.31. The Bertz CT molecular complexity index is 3400. The van der Waals surface area contributed by atoms with Crippen LogP contribution in [0.25, 0.3) is 99.5 Å². The van der Waals surface area contributed by atoms with Gasteiger partial charge in [0.2, 0.25) is 0 Å². The lowest BCUT2D eigenvalue weighted by Gasteiger charge is -2.21. The van der Waals surface area contributed by atoms with Crippen molar-refractivity contribution in [2.45, 2.75) is 19.3 Å². The van der Waals surface area contributed by atoms with E-state index in [0.29, 0.717) is 0 Å². The van der Waals surface area contributed by atoms with Crippen LogP contribution in [-0.2, 0) is 5.41 Å². The van der Waals surface area contributed by atoms with E-state index in [0.717, 1.165) is 5.69 Å². The molecular formula is C57H40N2. The first-order valence-electron chi connectivity index (χ1n) is 20.6. The third-order valence-corrected chi connectivity index (χ3v) is 12.9. The average molecular weight is 753 g/mol. The van der Waals surface area contributed by atoms with Crippen LogP contribution in [0.15, 0.2) is 206 Å². The Labute approximate surface area is 343 Å². The number of rotatable bonds is 5. The van der Waals surface area contributed by atoms with Gasteiger partial charge in [-0.2, -0.15) is 0 Å². The summed E-state index contributed by atoms with van der Waals surface area (Å²) in [7, 11) is 0. The molecule has 0 unspecified atom stereocenters. The van der Waals surface area contributed by atoms with E-state index in [-0.39, 0.29) is 5.41 Å². The Hall–Kier alpha value is -7.42. The molecule has 11 aromatic rings. The Morgan fingerprint density at radius 1 is 0.288 bits per heavy atom. The summed E-state index contributed by atoms with van der Waals surface area (Å²) in [6.07, 6.45) is 0. The molecule has 2 heteroatoms. The van der Waals surface area contributed by atoms with Crippen LogP contribution in [0.2, 0.25) is 0 Å². The van der Waals surface area contributed by atoms with Crippen LogP contribution in [0, 0.1) is 0 Å². The Morgan fingerprint density at radius 3 is 1.36 bits per heavy atom. The van der Waals surface area contributed by atoms with Gasteiger partial charge in [0, 0.05) is 38.3 Å². The lowest BCUT2D eigenvalue weighted by Crippen LogP contribution is -2.14. The minimum atomic E-state index is -0.0229. The van der Waals surface area contributed by atoms with Crippen LogP contribution in [-0.4, -0.2) is 9.13 Å². The summed E-state index contributed by atoms with van der Waals surface area (Å²) in [6.45, 7) is 4.69. The third kappa shape index (κ3) is 5.13. The van der Waals surface area contributed by atoms with Crippen molar-refractivity contribution in [2.75, 3.05) is 0 Å². The predicted octanol–water partition coefficient (Wildman–Crippen LogP) is 15.2. The topological polar surface area (TPSA) is 9.86 Å². The van der Waals surface area contributed by atoms with Crippen LogP contribution in [0.5, 0.6) is 0 Å². The third-order valence-electron chi connectivity index (χ3n) is 12.9. The van der Waals surface area contributed by atoms with Gasteiger partial charge in [-0.3, -0.25) is 0 Å². The van der Waals surface area contributed by atoms with E-state index in [9.17, 15) is 0 Å². The zero-order valence-electron chi connectivity index (χ0n) is 33.0. The van der Waals surface area contributed by atoms with Gasteiger partial charge < -0.3 is 9.13 Å². The molecule has 59 heavy (non-hydrogen) atoms. The van der Waals surface area contributed by atoms with Crippen molar-refractivity contribution in [1.82, 2.24) is 9.13 Å². The lowest BCUT2D eigenvalue weighted by molar-refractivity contribution is 0.660. The van der Waals surface area contributed by atoms with E-state index in [1.165, 1.54) is 105 Å². The first-order chi connectivity index (χ1) is 29.0. The normalized spacial score (nSPS) is 13.1. The van der Waals surface area contributed by atoms with Gasteiger partial charge in [-0.25, -0.2) is 0 Å². The zero-order chi connectivity index (χ0) is 39.2. The van der Waals surface area contributed by atoms with Crippen molar-refractivity contribution in [2.24, 2.45) is 0 Å². The smallest absolute Gasteiger partial charge is 0.0541 e. The molecule has 0 bridgehead atoms. The maximum absolute atomic E-state index is 2.45. The molecule has 0 spiro atoms. The van der Waals surface area contributed by atoms with Gasteiger partial charge in [-0.15, -0.1) is 0 Å². The second-order valence-corrected chi connectivity index (χ2v) is 16.6. The quantitative estimate of drug-likeness (QED) is 0.166. The fraction of sp³-hybridized carbons (Fsp3) is 0.0526. The molecule has 0 amide bonds. The van der Waals surface area contributed by atoms with E-state index in [4.69, 9.17) is 0 Å². The minimum Gasteiger partial charge on any atom is -0.309 e. The first kappa shape index (κ1) is 33.7. The number of aromatic nitrogens is 2. The summed E-state index contributed by atoms with van der Waals surface area (Å²) in [5, 5.41) is 5.01. The molecule has 0 saturated carbocycles. The summed E-state index contributed by atoms with van der Waals surface area (Å²) in [6, 6.07) is 76.2.